The van der Waals surface area contributed by atoms with Gasteiger partial charge in [0, 0.05) is 22.5 Å². The average Bonchev–Trinajstić information content (AvgIpc) is 2.69. The number of hydrogen-bond donors (Lipinski definition) is 2. The molecule has 0 spiro atoms. The van der Waals surface area contributed by atoms with Gasteiger partial charge >= 0.3 is 0 Å². The third-order valence-electron chi connectivity index (χ3n) is 3.94. The van der Waals surface area contributed by atoms with E-state index in [1.165, 1.54) is 18.7 Å². The van der Waals surface area contributed by atoms with E-state index in [9.17, 15) is 9.59 Å². The first kappa shape index (κ1) is 21.2. The van der Waals surface area contributed by atoms with Gasteiger partial charge < -0.3 is 10.6 Å². The van der Waals surface area contributed by atoms with Gasteiger partial charge in [-0.05, 0) is 42.0 Å². The Morgan fingerprint density at radius 3 is 2.38 bits per heavy atom. The number of carbonyl (C=O) groups is 2. The van der Waals surface area contributed by atoms with Gasteiger partial charge in [0.15, 0.2) is 0 Å². The normalized spacial score (nSPS) is 11.6. The monoisotopic (exact) mass is 444 g/mol. The van der Waals surface area contributed by atoms with Gasteiger partial charge in [0.25, 0.3) is 0 Å². The minimum absolute atomic E-state index is 0.153. The summed E-state index contributed by atoms with van der Waals surface area (Å²) in [4.78, 5) is 25.3. The summed E-state index contributed by atoms with van der Waals surface area (Å²) in [5.74, 6) is -0.379. The van der Waals surface area contributed by atoms with Crippen LogP contribution in [-0.2, 0) is 9.59 Å². The molecule has 0 saturated heterocycles. The summed E-state index contributed by atoms with van der Waals surface area (Å²) in [6.07, 6.45) is 0. The van der Waals surface area contributed by atoms with Crippen LogP contribution in [0.25, 0.3) is 0 Å². The van der Waals surface area contributed by atoms with Gasteiger partial charge in [-0.25, -0.2) is 0 Å². The summed E-state index contributed by atoms with van der Waals surface area (Å²) < 4.78 is 0. The highest BCUT2D eigenvalue weighted by molar-refractivity contribution is 8.00. The van der Waals surface area contributed by atoms with E-state index in [1.54, 1.807) is 24.3 Å². The number of benzene rings is 3. The van der Waals surface area contributed by atoms with Crippen molar-refractivity contribution in [1.82, 2.24) is 0 Å². The van der Waals surface area contributed by atoms with E-state index >= 15 is 0 Å². The van der Waals surface area contributed by atoms with Crippen molar-refractivity contribution in [3.05, 3.63) is 88.4 Å². The van der Waals surface area contributed by atoms with Crippen molar-refractivity contribution >= 4 is 58.2 Å². The largest absolute Gasteiger partial charge is 0.326 e. The van der Waals surface area contributed by atoms with Crippen molar-refractivity contribution in [3.63, 3.8) is 0 Å². The molecule has 1 unspecified atom stereocenters. The molecule has 0 aliphatic heterocycles. The van der Waals surface area contributed by atoms with Crippen LogP contribution in [0.4, 0.5) is 11.4 Å². The lowest BCUT2D eigenvalue weighted by molar-refractivity contribution is -0.116. The number of halogens is 2. The highest BCUT2D eigenvalue weighted by Crippen LogP contribution is 2.38. The molecule has 7 heteroatoms. The molecule has 0 saturated carbocycles. The number of nitrogens with one attached hydrogen (secondary N) is 2. The Kier molecular flexibility index (Phi) is 7.20. The Labute approximate surface area is 183 Å². The quantitative estimate of drug-likeness (QED) is 0.430. The van der Waals surface area contributed by atoms with Gasteiger partial charge in [0.2, 0.25) is 11.8 Å². The summed E-state index contributed by atoms with van der Waals surface area (Å²) in [7, 11) is 0. The second-order valence-electron chi connectivity index (χ2n) is 6.23. The molecule has 2 N–H and O–H groups in total. The van der Waals surface area contributed by atoms with Gasteiger partial charge in [0.05, 0.1) is 10.7 Å². The molecule has 0 bridgehead atoms. The molecule has 1 atom stereocenters. The molecule has 3 aromatic rings. The molecule has 0 aromatic heterocycles. The molecule has 0 aliphatic rings. The molecule has 4 nitrogen and oxygen atoms in total. The fourth-order valence-electron chi connectivity index (χ4n) is 2.68. The number of carbonyl (C=O) groups excluding carboxylic acids is 2. The Hall–Kier alpha value is -2.47. The van der Waals surface area contributed by atoms with Crippen LogP contribution >= 0.6 is 35.0 Å². The molecular weight excluding hydrogens is 427 g/mol. The maximum atomic E-state index is 13.1. The number of thioether (sulfide) groups is 1. The lowest BCUT2D eigenvalue weighted by atomic mass is 10.1. The zero-order valence-electron chi connectivity index (χ0n) is 15.5. The number of hydrogen-bond acceptors (Lipinski definition) is 3. The minimum Gasteiger partial charge on any atom is -0.326 e. The highest BCUT2D eigenvalue weighted by atomic mass is 35.5. The Morgan fingerprint density at radius 1 is 0.897 bits per heavy atom. The van der Waals surface area contributed by atoms with Crippen LogP contribution in [0.15, 0.2) is 77.7 Å². The number of rotatable bonds is 6. The Morgan fingerprint density at radius 2 is 1.66 bits per heavy atom. The Bertz CT molecular complexity index is 1030. The summed E-state index contributed by atoms with van der Waals surface area (Å²) in [5, 5.41) is 5.99. The molecular formula is C22H18Cl2N2O2S. The zero-order valence-corrected chi connectivity index (χ0v) is 17.8. The maximum Gasteiger partial charge on any atom is 0.242 e. The van der Waals surface area contributed by atoms with Crippen molar-refractivity contribution in [2.45, 2.75) is 17.1 Å². The van der Waals surface area contributed by atoms with Gasteiger partial charge in [-0.2, -0.15) is 0 Å². The van der Waals surface area contributed by atoms with Crippen LogP contribution in [-0.4, -0.2) is 11.8 Å². The van der Waals surface area contributed by atoms with Gasteiger partial charge in [0.1, 0.15) is 5.25 Å². The minimum atomic E-state index is -0.529. The SMILES string of the molecule is CC(=O)Nc1cccc(SC(C(=O)Nc2cc(Cl)ccc2Cl)c2ccccc2)c1. The molecule has 2 amide bonds. The van der Waals surface area contributed by atoms with E-state index in [-0.39, 0.29) is 11.8 Å². The van der Waals surface area contributed by atoms with Crippen molar-refractivity contribution in [3.8, 4) is 0 Å². The third-order valence-corrected chi connectivity index (χ3v) is 5.75. The topological polar surface area (TPSA) is 58.2 Å². The van der Waals surface area contributed by atoms with E-state index < -0.39 is 5.25 Å². The summed E-state index contributed by atoms with van der Waals surface area (Å²) in [5.41, 5.74) is 1.98. The number of amides is 2. The van der Waals surface area contributed by atoms with E-state index in [2.05, 4.69) is 10.6 Å². The molecule has 0 heterocycles. The summed E-state index contributed by atoms with van der Waals surface area (Å²) in [6, 6.07) is 21.7. The maximum absolute atomic E-state index is 13.1. The molecule has 0 aliphatic carbocycles. The standard InChI is InChI=1S/C22H18Cl2N2O2S/c1-14(27)25-17-8-5-9-18(13-17)29-21(15-6-3-2-4-7-15)22(28)26-20-12-16(23)10-11-19(20)24/h2-13,21H,1H3,(H,25,27)(H,26,28). The van der Waals surface area contributed by atoms with E-state index in [4.69, 9.17) is 23.2 Å². The first-order valence-electron chi connectivity index (χ1n) is 8.77. The zero-order chi connectivity index (χ0) is 20.8. The average molecular weight is 445 g/mol. The predicted molar refractivity (Wildman–Crippen MR) is 121 cm³/mol. The second-order valence-corrected chi connectivity index (χ2v) is 8.25. The van der Waals surface area contributed by atoms with E-state index in [0.717, 1.165) is 10.5 Å². The Balaban J connectivity index is 1.88. The van der Waals surface area contributed by atoms with Gasteiger partial charge in [-0.1, -0.05) is 59.6 Å². The first-order valence-corrected chi connectivity index (χ1v) is 10.4. The van der Waals surface area contributed by atoms with Crippen molar-refractivity contribution in [2.75, 3.05) is 10.6 Å². The van der Waals surface area contributed by atoms with Crippen molar-refractivity contribution in [1.29, 1.82) is 0 Å². The molecule has 148 valence electrons. The highest BCUT2D eigenvalue weighted by Gasteiger charge is 2.23. The van der Waals surface area contributed by atoms with Crippen LogP contribution in [0, 0.1) is 0 Å². The lowest BCUT2D eigenvalue weighted by Gasteiger charge is -2.18. The lowest BCUT2D eigenvalue weighted by Crippen LogP contribution is -2.19. The molecule has 0 radical (unpaired) electrons. The van der Waals surface area contributed by atoms with Gasteiger partial charge in [-0.3, -0.25) is 9.59 Å². The van der Waals surface area contributed by atoms with Crippen LogP contribution in [0.5, 0.6) is 0 Å². The van der Waals surface area contributed by atoms with Crippen LogP contribution in [0.3, 0.4) is 0 Å². The summed E-state index contributed by atoms with van der Waals surface area (Å²) >= 11 is 13.6. The van der Waals surface area contributed by atoms with Crippen LogP contribution < -0.4 is 10.6 Å². The molecule has 0 fully saturated rings. The fraction of sp³-hybridized carbons (Fsp3) is 0.0909. The van der Waals surface area contributed by atoms with Crippen LogP contribution in [0.2, 0.25) is 10.0 Å². The van der Waals surface area contributed by atoms with E-state index in [0.29, 0.717) is 21.4 Å². The van der Waals surface area contributed by atoms with Gasteiger partial charge in [-0.15, -0.1) is 11.8 Å². The second kappa shape index (κ2) is 9.83. The fourth-order valence-corrected chi connectivity index (χ4v) is 4.10. The summed E-state index contributed by atoms with van der Waals surface area (Å²) in [6.45, 7) is 1.45. The van der Waals surface area contributed by atoms with Crippen LogP contribution in [0.1, 0.15) is 17.7 Å². The molecule has 3 aromatic carbocycles. The molecule has 29 heavy (non-hydrogen) atoms. The molecule has 3 rings (SSSR count). The smallest absolute Gasteiger partial charge is 0.242 e. The van der Waals surface area contributed by atoms with Crippen molar-refractivity contribution in [2.24, 2.45) is 0 Å². The predicted octanol–water partition coefficient (Wildman–Crippen LogP) is 6.42. The first-order chi connectivity index (χ1) is 13.9. The third kappa shape index (κ3) is 6.00. The van der Waals surface area contributed by atoms with E-state index in [1.807, 2.05) is 48.5 Å². The number of anilines is 2. The van der Waals surface area contributed by atoms with Crippen molar-refractivity contribution < 1.29 is 9.59 Å².